The van der Waals surface area contributed by atoms with Crippen LogP contribution in [0, 0.1) is 12.3 Å². The van der Waals surface area contributed by atoms with E-state index >= 15 is 0 Å². The lowest BCUT2D eigenvalue weighted by molar-refractivity contribution is 0.334. The molecule has 0 bridgehead atoms. The smallest absolute Gasteiger partial charge is 0.150 e. The zero-order valence-electron chi connectivity index (χ0n) is 11.5. The maximum Gasteiger partial charge on any atom is 0.150 e. The predicted molar refractivity (Wildman–Crippen MR) is 76.2 cm³/mol. The lowest BCUT2D eigenvalue weighted by Crippen LogP contribution is -2.34. The normalized spacial score (nSPS) is 25.4. The minimum Gasteiger partial charge on any atom is -0.496 e. The van der Waals surface area contributed by atoms with Crippen LogP contribution in [0.15, 0.2) is 18.2 Å². The van der Waals surface area contributed by atoms with Crippen LogP contribution in [0.25, 0.3) is 0 Å². The maximum absolute atomic E-state index is 11.7. The van der Waals surface area contributed by atoms with Crippen molar-refractivity contribution in [2.24, 2.45) is 11.1 Å². The first-order valence-corrected chi connectivity index (χ1v) is 8.26. The van der Waals surface area contributed by atoms with Gasteiger partial charge in [-0.05, 0) is 37.9 Å². The molecule has 106 valence electrons. The summed E-state index contributed by atoms with van der Waals surface area (Å²) in [6.07, 6.45) is 1.30. The largest absolute Gasteiger partial charge is 0.496 e. The summed E-state index contributed by atoms with van der Waals surface area (Å²) in [4.78, 5) is 0. The van der Waals surface area contributed by atoms with Crippen molar-refractivity contribution in [3.63, 3.8) is 0 Å². The van der Waals surface area contributed by atoms with Gasteiger partial charge in [-0.15, -0.1) is 0 Å². The summed E-state index contributed by atoms with van der Waals surface area (Å²) in [5, 5.41) is 0. The van der Waals surface area contributed by atoms with Crippen molar-refractivity contribution in [2.75, 3.05) is 25.2 Å². The number of ether oxygens (including phenoxy) is 1. The van der Waals surface area contributed by atoms with Gasteiger partial charge in [0.05, 0.1) is 18.6 Å². The van der Waals surface area contributed by atoms with E-state index in [1.165, 1.54) is 0 Å². The van der Waals surface area contributed by atoms with Crippen molar-refractivity contribution in [1.82, 2.24) is 0 Å². The van der Waals surface area contributed by atoms with E-state index in [1.54, 1.807) is 7.11 Å². The van der Waals surface area contributed by atoms with E-state index in [2.05, 4.69) is 6.07 Å². The van der Waals surface area contributed by atoms with Crippen molar-refractivity contribution in [2.45, 2.75) is 19.8 Å². The topological polar surface area (TPSA) is 69.4 Å². The van der Waals surface area contributed by atoms with Crippen LogP contribution in [0.2, 0.25) is 0 Å². The van der Waals surface area contributed by atoms with Gasteiger partial charge < -0.3 is 10.5 Å². The lowest BCUT2D eigenvalue weighted by atomic mass is 9.81. The van der Waals surface area contributed by atoms with Crippen molar-refractivity contribution in [1.29, 1.82) is 0 Å². The number of hydrogen-bond acceptors (Lipinski definition) is 4. The van der Waals surface area contributed by atoms with Crippen LogP contribution in [-0.4, -0.2) is 33.6 Å². The average molecular weight is 283 g/mol. The first-order chi connectivity index (χ1) is 8.90. The van der Waals surface area contributed by atoms with E-state index in [-0.39, 0.29) is 16.9 Å². The molecule has 1 aromatic carbocycles. The number of nitrogens with two attached hydrogens (primary N) is 1. The highest BCUT2D eigenvalue weighted by atomic mass is 32.2. The molecule has 1 aromatic rings. The Morgan fingerprint density at radius 2 is 2.16 bits per heavy atom. The van der Waals surface area contributed by atoms with Crippen molar-refractivity contribution < 1.29 is 13.2 Å². The van der Waals surface area contributed by atoms with Gasteiger partial charge in [-0.1, -0.05) is 17.7 Å². The summed E-state index contributed by atoms with van der Waals surface area (Å²) >= 11 is 0. The molecule has 1 unspecified atom stereocenters. The molecule has 1 aliphatic heterocycles. The Bertz CT molecular complexity index is 568. The summed E-state index contributed by atoms with van der Waals surface area (Å²) in [6, 6.07) is 5.97. The number of rotatable bonds is 4. The molecule has 1 aliphatic rings. The van der Waals surface area contributed by atoms with E-state index < -0.39 is 9.84 Å². The zero-order chi connectivity index (χ0) is 14.1. The van der Waals surface area contributed by atoms with Gasteiger partial charge in [0.2, 0.25) is 0 Å². The Morgan fingerprint density at radius 1 is 1.42 bits per heavy atom. The molecule has 1 atom stereocenters. The predicted octanol–water partition coefficient (Wildman–Crippen LogP) is 1.31. The third-order valence-corrected chi connectivity index (χ3v) is 5.78. The third kappa shape index (κ3) is 3.09. The number of aryl methyl sites for hydroxylation is 1. The van der Waals surface area contributed by atoms with Crippen molar-refractivity contribution >= 4 is 9.84 Å². The summed E-state index contributed by atoms with van der Waals surface area (Å²) < 4.78 is 28.8. The Hall–Kier alpha value is -1.07. The Morgan fingerprint density at radius 3 is 2.68 bits per heavy atom. The van der Waals surface area contributed by atoms with Gasteiger partial charge in [0.25, 0.3) is 0 Å². The highest BCUT2D eigenvalue weighted by Gasteiger charge is 2.41. The Kier molecular flexibility index (Phi) is 3.87. The van der Waals surface area contributed by atoms with Crippen LogP contribution in [0.3, 0.4) is 0 Å². The molecule has 0 radical (unpaired) electrons. The highest BCUT2D eigenvalue weighted by Crippen LogP contribution is 2.37. The molecule has 2 N–H and O–H groups in total. The zero-order valence-corrected chi connectivity index (χ0v) is 12.3. The fraction of sp³-hybridized carbons (Fsp3) is 0.571. The molecule has 1 saturated heterocycles. The van der Waals surface area contributed by atoms with Crippen LogP contribution >= 0.6 is 0 Å². The summed E-state index contributed by atoms with van der Waals surface area (Å²) in [7, 11) is -1.30. The fourth-order valence-corrected chi connectivity index (χ4v) is 4.99. The molecule has 1 heterocycles. The molecule has 0 aromatic heterocycles. The van der Waals surface area contributed by atoms with Gasteiger partial charge >= 0.3 is 0 Å². The quantitative estimate of drug-likeness (QED) is 0.904. The molecular formula is C14H21NO3S. The number of hydrogen-bond donors (Lipinski definition) is 1. The standard InChI is InChI=1S/C14H21NO3S/c1-11-3-4-13(18-2)12(7-11)8-14(9-15)5-6-19(16,17)10-14/h3-4,7H,5-6,8-10,15H2,1-2H3. The van der Waals surface area contributed by atoms with E-state index in [0.29, 0.717) is 19.4 Å². The third-order valence-electron chi connectivity index (χ3n) is 3.90. The van der Waals surface area contributed by atoms with Gasteiger partial charge in [0.15, 0.2) is 9.84 Å². The SMILES string of the molecule is COc1ccc(C)cc1CC1(CN)CCS(=O)(=O)C1. The van der Waals surface area contributed by atoms with Crippen molar-refractivity contribution in [3.05, 3.63) is 29.3 Å². The molecule has 19 heavy (non-hydrogen) atoms. The van der Waals surface area contributed by atoms with Gasteiger partial charge in [0, 0.05) is 5.41 Å². The van der Waals surface area contributed by atoms with E-state index in [9.17, 15) is 8.42 Å². The van der Waals surface area contributed by atoms with Crippen LogP contribution in [-0.2, 0) is 16.3 Å². The number of methoxy groups -OCH3 is 1. The summed E-state index contributed by atoms with van der Waals surface area (Å²) in [5.41, 5.74) is 7.72. The second kappa shape index (κ2) is 5.13. The molecule has 2 rings (SSSR count). The van der Waals surface area contributed by atoms with Gasteiger partial charge in [-0.3, -0.25) is 0 Å². The molecule has 1 fully saturated rings. The summed E-state index contributed by atoms with van der Waals surface area (Å²) in [5.74, 6) is 1.24. The van der Waals surface area contributed by atoms with E-state index in [1.807, 2.05) is 19.1 Å². The van der Waals surface area contributed by atoms with Crippen LogP contribution in [0.4, 0.5) is 0 Å². The Labute approximate surface area is 114 Å². The maximum atomic E-state index is 11.7. The van der Waals surface area contributed by atoms with Gasteiger partial charge in [-0.25, -0.2) is 8.42 Å². The first kappa shape index (κ1) is 14.3. The van der Waals surface area contributed by atoms with Gasteiger partial charge in [0.1, 0.15) is 5.75 Å². The summed E-state index contributed by atoms with van der Waals surface area (Å²) in [6.45, 7) is 2.41. The monoisotopic (exact) mass is 283 g/mol. The Balaban J connectivity index is 2.31. The van der Waals surface area contributed by atoms with Crippen molar-refractivity contribution in [3.8, 4) is 5.75 Å². The average Bonchev–Trinajstić information content (AvgIpc) is 2.66. The van der Waals surface area contributed by atoms with Crippen LogP contribution in [0.1, 0.15) is 17.5 Å². The molecule has 0 aliphatic carbocycles. The molecule has 0 saturated carbocycles. The fourth-order valence-electron chi connectivity index (χ4n) is 2.80. The molecular weight excluding hydrogens is 262 g/mol. The number of sulfone groups is 1. The molecule has 5 heteroatoms. The minimum atomic E-state index is -2.94. The van der Waals surface area contributed by atoms with E-state index in [4.69, 9.17) is 10.5 Å². The molecule has 4 nitrogen and oxygen atoms in total. The minimum absolute atomic E-state index is 0.188. The van der Waals surface area contributed by atoms with E-state index in [0.717, 1.165) is 16.9 Å². The van der Waals surface area contributed by atoms with Gasteiger partial charge in [-0.2, -0.15) is 0 Å². The second-order valence-corrected chi connectivity index (χ2v) is 7.72. The molecule has 0 amide bonds. The van der Waals surface area contributed by atoms with Crippen LogP contribution < -0.4 is 10.5 Å². The second-order valence-electron chi connectivity index (χ2n) is 5.54. The molecule has 0 spiro atoms. The van der Waals surface area contributed by atoms with Crippen LogP contribution in [0.5, 0.6) is 5.75 Å². The highest BCUT2D eigenvalue weighted by molar-refractivity contribution is 7.91. The lowest BCUT2D eigenvalue weighted by Gasteiger charge is -2.26. The first-order valence-electron chi connectivity index (χ1n) is 6.44. The number of benzene rings is 1.